The summed E-state index contributed by atoms with van der Waals surface area (Å²) in [5.41, 5.74) is 3.61. The molecule has 0 saturated carbocycles. The molecule has 3 aromatic carbocycles. The average molecular weight is 569 g/mol. The van der Waals surface area contributed by atoms with Gasteiger partial charge in [-0.2, -0.15) is 5.26 Å². The van der Waals surface area contributed by atoms with Gasteiger partial charge in [0.2, 0.25) is 0 Å². The number of carbonyl (C=O) groups excluding carboxylic acids is 2. The summed E-state index contributed by atoms with van der Waals surface area (Å²) in [5.74, 6) is -0.258. The quantitative estimate of drug-likeness (QED) is 0.246. The van der Waals surface area contributed by atoms with Crippen molar-refractivity contribution < 1.29 is 19.1 Å². The van der Waals surface area contributed by atoms with Gasteiger partial charge < -0.3 is 20.1 Å². The molecule has 0 saturated heterocycles. The van der Waals surface area contributed by atoms with Crippen LogP contribution in [-0.2, 0) is 9.59 Å². The fraction of sp³-hybridized carbons (Fsp3) is 0.148. The van der Waals surface area contributed by atoms with E-state index in [1.165, 1.54) is 13.2 Å². The summed E-state index contributed by atoms with van der Waals surface area (Å²) in [6, 6.07) is 17.5. The number of rotatable bonds is 8. The van der Waals surface area contributed by atoms with Crippen molar-refractivity contribution in [2.24, 2.45) is 0 Å². The number of nitriles is 1. The molecule has 0 unspecified atom stereocenters. The predicted octanol–water partition coefficient (Wildman–Crippen LogP) is 6.29. The lowest BCUT2D eigenvalue weighted by Crippen LogP contribution is -2.21. The number of hydrogen-bond acceptors (Lipinski definition) is 5. The van der Waals surface area contributed by atoms with Crippen LogP contribution in [0.4, 0.5) is 11.4 Å². The average Bonchev–Trinajstić information content (AvgIpc) is 2.85. The van der Waals surface area contributed by atoms with E-state index in [0.717, 1.165) is 16.8 Å². The molecule has 0 bridgehead atoms. The van der Waals surface area contributed by atoms with Gasteiger partial charge in [-0.25, -0.2) is 0 Å². The molecule has 7 nitrogen and oxygen atoms in total. The van der Waals surface area contributed by atoms with E-state index in [1.54, 1.807) is 36.4 Å². The largest absolute Gasteiger partial charge is 0.493 e. The molecule has 0 heterocycles. The molecular formula is C27H23BrClN3O4. The van der Waals surface area contributed by atoms with Gasteiger partial charge in [0.05, 0.1) is 11.6 Å². The van der Waals surface area contributed by atoms with Crippen molar-refractivity contribution in [1.82, 2.24) is 0 Å². The van der Waals surface area contributed by atoms with E-state index in [-0.39, 0.29) is 18.1 Å². The highest BCUT2D eigenvalue weighted by Crippen LogP contribution is 2.37. The molecule has 3 rings (SSSR count). The molecule has 0 radical (unpaired) electrons. The Morgan fingerprint density at radius 3 is 2.47 bits per heavy atom. The predicted molar refractivity (Wildman–Crippen MR) is 144 cm³/mol. The van der Waals surface area contributed by atoms with Crippen molar-refractivity contribution in [2.45, 2.75) is 13.8 Å². The zero-order chi connectivity index (χ0) is 26.2. The van der Waals surface area contributed by atoms with E-state index in [2.05, 4.69) is 26.6 Å². The molecule has 0 spiro atoms. The smallest absolute Gasteiger partial charge is 0.266 e. The van der Waals surface area contributed by atoms with Gasteiger partial charge in [0.15, 0.2) is 18.1 Å². The molecule has 3 aromatic rings. The first-order valence-electron chi connectivity index (χ1n) is 10.8. The second-order valence-corrected chi connectivity index (χ2v) is 9.11. The van der Waals surface area contributed by atoms with Crippen LogP contribution in [-0.4, -0.2) is 25.5 Å². The first-order valence-corrected chi connectivity index (χ1v) is 11.9. The van der Waals surface area contributed by atoms with Crippen LogP contribution in [0.25, 0.3) is 6.08 Å². The van der Waals surface area contributed by atoms with Gasteiger partial charge >= 0.3 is 0 Å². The molecule has 184 valence electrons. The standard InChI is InChI=1S/C27H23BrClN3O4/c1-16-4-5-17(2)23(10-16)32-25(33)15-36-26-22(28)12-18(13-24(26)35-3)11-19(14-30)27(34)31-21-8-6-20(29)7-9-21/h4-13H,15H2,1-3H3,(H,31,34)(H,32,33)/b19-11-. The summed E-state index contributed by atoms with van der Waals surface area (Å²) in [4.78, 5) is 25.0. The number of aryl methyl sites for hydroxylation is 2. The number of ether oxygens (including phenoxy) is 2. The summed E-state index contributed by atoms with van der Waals surface area (Å²) >= 11 is 9.29. The van der Waals surface area contributed by atoms with E-state index in [0.29, 0.717) is 32.2 Å². The highest BCUT2D eigenvalue weighted by molar-refractivity contribution is 9.10. The van der Waals surface area contributed by atoms with Gasteiger partial charge in [0.25, 0.3) is 11.8 Å². The Balaban J connectivity index is 1.74. The van der Waals surface area contributed by atoms with Crippen LogP contribution in [0.1, 0.15) is 16.7 Å². The minimum Gasteiger partial charge on any atom is -0.493 e. The summed E-state index contributed by atoms with van der Waals surface area (Å²) < 4.78 is 11.6. The number of anilines is 2. The van der Waals surface area contributed by atoms with Crippen molar-refractivity contribution in [3.8, 4) is 17.6 Å². The van der Waals surface area contributed by atoms with E-state index < -0.39 is 5.91 Å². The lowest BCUT2D eigenvalue weighted by atomic mass is 10.1. The minimum atomic E-state index is -0.571. The van der Waals surface area contributed by atoms with Gasteiger partial charge in [-0.1, -0.05) is 23.7 Å². The normalized spacial score (nSPS) is 10.8. The number of amides is 2. The fourth-order valence-corrected chi connectivity index (χ4v) is 3.90. The summed E-state index contributed by atoms with van der Waals surface area (Å²) in [7, 11) is 1.46. The first kappa shape index (κ1) is 26.8. The fourth-order valence-electron chi connectivity index (χ4n) is 3.20. The molecule has 2 N–H and O–H groups in total. The molecule has 0 aliphatic heterocycles. The molecule has 36 heavy (non-hydrogen) atoms. The molecule has 0 atom stereocenters. The van der Waals surface area contributed by atoms with Crippen LogP contribution < -0.4 is 20.1 Å². The minimum absolute atomic E-state index is 0.111. The van der Waals surface area contributed by atoms with Crippen molar-refractivity contribution >= 4 is 56.8 Å². The number of hydrogen-bond donors (Lipinski definition) is 2. The number of benzene rings is 3. The summed E-state index contributed by atoms with van der Waals surface area (Å²) in [6.07, 6.45) is 1.43. The van der Waals surface area contributed by atoms with Gasteiger partial charge in [-0.05, 0) is 95.0 Å². The second kappa shape index (κ2) is 12.2. The third-order valence-corrected chi connectivity index (χ3v) is 5.89. The zero-order valence-corrected chi connectivity index (χ0v) is 22.2. The second-order valence-electron chi connectivity index (χ2n) is 7.82. The molecule has 2 amide bonds. The Kier molecular flexibility index (Phi) is 9.12. The van der Waals surface area contributed by atoms with Crippen molar-refractivity contribution in [3.05, 3.63) is 86.4 Å². The van der Waals surface area contributed by atoms with Gasteiger partial charge in [0.1, 0.15) is 11.6 Å². The van der Waals surface area contributed by atoms with Crippen molar-refractivity contribution in [1.29, 1.82) is 5.26 Å². The third-order valence-electron chi connectivity index (χ3n) is 5.04. The van der Waals surface area contributed by atoms with Crippen LogP contribution in [0.5, 0.6) is 11.5 Å². The maximum atomic E-state index is 12.6. The first-order chi connectivity index (χ1) is 17.2. The highest BCUT2D eigenvalue weighted by atomic mass is 79.9. The molecule has 9 heteroatoms. The maximum Gasteiger partial charge on any atom is 0.266 e. The Hall–Kier alpha value is -3.80. The Labute approximate surface area is 222 Å². The number of nitrogens with one attached hydrogen (secondary N) is 2. The SMILES string of the molecule is COc1cc(/C=C(/C#N)C(=O)Nc2ccc(Cl)cc2)cc(Br)c1OCC(=O)Nc1cc(C)ccc1C. The van der Waals surface area contributed by atoms with Crippen LogP contribution in [0, 0.1) is 25.2 Å². The monoisotopic (exact) mass is 567 g/mol. The number of nitrogens with zero attached hydrogens (tertiary/aromatic N) is 1. The maximum absolute atomic E-state index is 12.6. The van der Waals surface area contributed by atoms with E-state index >= 15 is 0 Å². The molecule has 0 fully saturated rings. The van der Waals surface area contributed by atoms with E-state index in [4.69, 9.17) is 21.1 Å². The number of methoxy groups -OCH3 is 1. The zero-order valence-electron chi connectivity index (χ0n) is 19.8. The van der Waals surface area contributed by atoms with Crippen LogP contribution in [0.15, 0.2) is 64.6 Å². The summed E-state index contributed by atoms with van der Waals surface area (Å²) in [6.45, 7) is 3.61. The van der Waals surface area contributed by atoms with E-state index in [1.807, 2.05) is 38.1 Å². The Morgan fingerprint density at radius 1 is 1.08 bits per heavy atom. The van der Waals surface area contributed by atoms with Crippen molar-refractivity contribution in [2.75, 3.05) is 24.4 Å². The van der Waals surface area contributed by atoms with Crippen LogP contribution in [0.2, 0.25) is 5.02 Å². The van der Waals surface area contributed by atoms with Gasteiger partial charge in [-0.3, -0.25) is 9.59 Å². The number of halogens is 2. The van der Waals surface area contributed by atoms with E-state index in [9.17, 15) is 14.9 Å². The molecule has 0 aliphatic carbocycles. The highest BCUT2D eigenvalue weighted by Gasteiger charge is 2.16. The number of carbonyl (C=O) groups is 2. The van der Waals surface area contributed by atoms with Crippen molar-refractivity contribution in [3.63, 3.8) is 0 Å². The van der Waals surface area contributed by atoms with Crippen LogP contribution >= 0.6 is 27.5 Å². The Morgan fingerprint density at radius 2 is 1.81 bits per heavy atom. The molecule has 0 aliphatic rings. The lowest BCUT2D eigenvalue weighted by molar-refractivity contribution is -0.118. The summed E-state index contributed by atoms with van der Waals surface area (Å²) in [5, 5.41) is 15.6. The van der Waals surface area contributed by atoms with Gasteiger partial charge in [-0.15, -0.1) is 0 Å². The van der Waals surface area contributed by atoms with Gasteiger partial charge in [0, 0.05) is 16.4 Å². The van der Waals surface area contributed by atoms with Crippen LogP contribution in [0.3, 0.4) is 0 Å². The topological polar surface area (TPSA) is 100 Å². The Bertz CT molecular complexity index is 1360. The molecular weight excluding hydrogens is 546 g/mol. The lowest BCUT2D eigenvalue weighted by Gasteiger charge is -2.14. The molecule has 0 aromatic heterocycles. The third kappa shape index (κ3) is 7.11.